The van der Waals surface area contributed by atoms with Gasteiger partial charge < -0.3 is 0 Å². The molecular weight excluding hydrogens is 282 g/mol. The highest BCUT2D eigenvalue weighted by Crippen LogP contribution is 2.31. The van der Waals surface area contributed by atoms with Crippen molar-refractivity contribution in [1.29, 1.82) is 0 Å². The van der Waals surface area contributed by atoms with Gasteiger partial charge in [-0.25, -0.2) is 18.7 Å². The number of hydrogen-bond donors (Lipinski definition) is 0. The number of aromatic nitrogens is 2. The second kappa shape index (κ2) is 5.41. The van der Waals surface area contributed by atoms with Crippen LogP contribution in [0.2, 0.25) is 0 Å². The predicted octanol–water partition coefficient (Wildman–Crippen LogP) is 5.02. The second-order valence-corrected chi connectivity index (χ2v) is 7.58. The number of rotatable bonds is 1. The topological polar surface area (TPSA) is 25.8 Å². The lowest BCUT2D eigenvalue weighted by atomic mass is 9.86. The van der Waals surface area contributed by atoms with Crippen LogP contribution in [0.5, 0.6) is 0 Å². The molecule has 2 rings (SSSR count). The average molecular weight is 304 g/mol. The average Bonchev–Trinajstić information content (AvgIpc) is 2.39. The van der Waals surface area contributed by atoms with E-state index in [1.807, 2.05) is 41.5 Å². The molecule has 1 heterocycles. The predicted molar refractivity (Wildman–Crippen MR) is 84.8 cm³/mol. The Bertz CT molecular complexity index is 678. The highest BCUT2D eigenvalue weighted by Gasteiger charge is 2.24. The molecule has 2 nitrogen and oxygen atoms in total. The summed E-state index contributed by atoms with van der Waals surface area (Å²) >= 11 is 0. The normalized spacial score (nSPS) is 12.5. The monoisotopic (exact) mass is 304 g/mol. The van der Waals surface area contributed by atoms with Crippen molar-refractivity contribution in [2.45, 2.75) is 52.4 Å². The van der Waals surface area contributed by atoms with E-state index in [2.05, 4.69) is 9.97 Å². The number of benzene rings is 1. The molecule has 118 valence electrons. The standard InChI is InChI=1S/C18H22F2N2/c1-17(2,3)11-9-21-16(22-10-11)12-7-8-13(18(4,5)6)15(20)14(12)19/h7-10H,1-6H3. The van der Waals surface area contributed by atoms with Gasteiger partial charge in [0.2, 0.25) is 0 Å². The van der Waals surface area contributed by atoms with Gasteiger partial charge in [0.05, 0.1) is 5.56 Å². The molecule has 0 aliphatic heterocycles. The lowest BCUT2D eigenvalue weighted by molar-refractivity contribution is 0.466. The molecule has 0 saturated carbocycles. The van der Waals surface area contributed by atoms with Crippen LogP contribution in [-0.2, 0) is 10.8 Å². The maximum Gasteiger partial charge on any atom is 0.170 e. The molecule has 0 fully saturated rings. The third-order valence-corrected chi connectivity index (χ3v) is 3.65. The molecule has 0 aliphatic rings. The molecule has 0 amide bonds. The molecule has 0 atom stereocenters. The lowest BCUT2D eigenvalue weighted by Crippen LogP contribution is -2.15. The van der Waals surface area contributed by atoms with Crippen LogP contribution in [0.15, 0.2) is 24.5 Å². The van der Waals surface area contributed by atoms with Crippen molar-refractivity contribution in [3.05, 3.63) is 47.3 Å². The zero-order valence-corrected chi connectivity index (χ0v) is 14.0. The van der Waals surface area contributed by atoms with Gasteiger partial charge in [0.1, 0.15) is 0 Å². The zero-order chi connectivity index (χ0) is 16.7. The van der Waals surface area contributed by atoms with Gasteiger partial charge in [-0.2, -0.15) is 0 Å². The van der Waals surface area contributed by atoms with Crippen molar-refractivity contribution in [2.24, 2.45) is 0 Å². The molecule has 0 spiro atoms. The molecule has 1 aromatic carbocycles. The smallest absolute Gasteiger partial charge is 0.170 e. The van der Waals surface area contributed by atoms with Crippen LogP contribution in [-0.4, -0.2) is 9.97 Å². The minimum Gasteiger partial charge on any atom is -0.236 e. The van der Waals surface area contributed by atoms with Crippen LogP contribution < -0.4 is 0 Å². The molecule has 4 heteroatoms. The van der Waals surface area contributed by atoms with E-state index in [4.69, 9.17) is 0 Å². The van der Waals surface area contributed by atoms with Crippen molar-refractivity contribution in [2.75, 3.05) is 0 Å². The van der Waals surface area contributed by atoms with Gasteiger partial charge in [-0.15, -0.1) is 0 Å². The molecule has 0 saturated heterocycles. The van der Waals surface area contributed by atoms with Crippen molar-refractivity contribution in [3.63, 3.8) is 0 Å². The molecular formula is C18H22F2N2. The van der Waals surface area contributed by atoms with Crippen LogP contribution in [0.25, 0.3) is 11.4 Å². The van der Waals surface area contributed by atoms with Gasteiger partial charge in [0.25, 0.3) is 0 Å². The largest absolute Gasteiger partial charge is 0.236 e. The van der Waals surface area contributed by atoms with E-state index in [1.165, 1.54) is 0 Å². The highest BCUT2D eigenvalue weighted by molar-refractivity contribution is 5.57. The zero-order valence-electron chi connectivity index (χ0n) is 14.0. The minimum atomic E-state index is -0.893. The Morgan fingerprint density at radius 3 is 1.77 bits per heavy atom. The molecule has 0 radical (unpaired) electrons. The molecule has 0 N–H and O–H groups in total. The van der Waals surface area contributed by atoms with Crippen LogP contribution in [0.1, 0.15) is 52.7 Å². The Morgan fingerprint density at radius 2 is 1.32 bits per heavy atom. The molecule has 1 aromatic heterocycles. The van der Waals surface area contributed by atoms with Crippen LogP contribution in [0.4, 0.5) is 8.78 Å². The summed E-state index contributed by atoms with van der Waals surface area (Å²) in [4.78, 5) is 8.38. The van der Waals surface area contributed by atoms with Crippen LogP contribution >= 0.6 is 0 Å². The number of nitrogens with zero attached hydrogens (tertiary/aromatic N) is 2. The maximum absolute atomic E-state index is 14.4. The fourth-order valence-electron chi connectivity index (χ4n) is 2.16. The van der Waals surface area contributed by atoms with Gasteiger partial charge in [-0.3, -0.25) is 0 Å². The second-order valence-electron chi connectivity index (χ2n) is 7.58. The van der Waals surface area contributed by atoms with Gasteiger partial charge in [-0.05, 0) is 28.0 Å². The Hall–Kier alpha value is -1.84. The first-order valence-corrected chi connectivity index (χ1v) is 7.33. The third kappa shape index (κ3) is 3.16. The number of hydrogen-bond acceptors (Lipinski definition) is 2. The van der Waals surface area contributed by atoms with Gasteiger partial charge in [0, 0.05) is 12.4 Å². The highest BCUT2D eigenvalue weighted by atomic mass is 19.2. The Morgan fingerprint density at radius 1 is 0.773 bits per heavy atom. The first-order chi connectivity index (χ1) is 10.0. The van der Waals surface area contributed by atoms with Crippen molar-refractivity contribution in [3.8, 4) is 11.4 Å². The fourth-order valence-corrected chi connectivity index (χ4v) is 2.16. The van der Waals surface area contributed by atoms with E-state index in [0.29, 0.717) is 5.56 Å². The summed E-state index contributed by atoms with van der Waals surface area (Å²) in [6.07, 6.45) is 3.33. The first-order valence-electron chi connectivity index (χ1n) is 7.33. The molecule has 0 aliphatic carbocycles. The maximum atomic E-state index is 14.4. The van der Waals surface area contributed by atoms with Crippen molar-refractivity contribution < 1.29 is 8.78 Å². The van der Waals surface area contributed by atoms with Crippen LogP contribution in [0.3, 0.4) is 0 Å². The molecule has 0 bridgehead atoms. The quantitative estimate of drug-likeness (QED) is 0.739. The van der Waals surface area contributed by atoms with E-state index in [9.17, 15) is 8.78 Å². The van der Waals surface area contributed by atoms with Gasteiger partial charge in [-0.1, -0.05) is 47.6 Å². The lowest BCUT2D eigenvalue weighted by Gasteiger charge is -2.21. The van der Waals surface area contributed by atoms with E-state index < -0.39 is 17.0 Å². The first kappa shape index (κ1) is 16.5. The van der Waals surface area contributed by atoms with Gasteiger partial charge in [0.15, 0.2) is 17.5 Å². The Kier molecular flexibility index (Phi) is 4.07. The van der Waals surface area contributed by atoms with E-state index in [-0.39, 0.29) is 16.8 Å². The summed E-state index contributed by atoms with van der Waals surface area (Å²) in [6, 6.07) is 3.15. The Labute approximate surface area is 130 Å². The van der Waals surface area contributed by atoms with Crippen LogP contribution in [0, 0.1) is 11.6 Å². The summed E-state index contributed by atoms with van der Waals surface area (Å²) in [5, 5.41) is 0. The summed E-state index contributed by atoms with van der Waals surface area (Å²) < 4.78 is 28.6. The molecule has 2 aromatic rings. The van der Waals surface area contributed by atoms with E-state index in [0.717, 1.165) is 5.56 Å². The minimum absolute atomic E-state index is 0.0849. The van der Waals surface area contributed by atoms with Crippen molar-refractivity contribution in [1.82, 2.24) is 9.97 Å². The summed E-state index contributed by atoms with van der Waals surface area (Å²) in [5.74, 6) is -1.52. The fraction of sp³-hybridized carbons (Fsp3) is 0.444. The summed E-state index contributed by atoms with van der Waals surface area (Å²) in [7, 11) is 0. The van der Waals surface area contributed by atoms with E-state index >= 15 is 0 Å². The summed E-state index contributed by atoms with van der Waals surface area (Å²) in [6.45, 7) is 11.7. The van der Waals surface area contributed by atoms with Gasteiger partial charge >= 0.3 is 0 Å². The Balaban J connectivity index is 2.48. The third-order valence-electron chi connectivity index (χ3n) is 3.65. The molecule has 22 heavy (non-hydrogen) atoms. The summed E-state index contributed by atoms with van der Waals surface area (Å²) in [5.41, 5.74) is 0.841. The number of halogens is 2. The van der Waals surface area contributed by atoms with E-state index in [1.54, 1.807) is 24.5 Å². The SMILES string of the molecule is CC(C)(C)c1cnc(-c2ccc(C(C)(C)C)c(F)c2F)nc1. The van der Waals surface area contributed by atoms with Crippen molar-refractivity contribution >= 4 is 0 Å². The molecule has 0 unspecified atom stereocenters.